The average molecular weight is 383 g/mol. The summed E-state index contributed by atoms with van der Waals surface area (Å²) in [4.78, 5) is 4.43. The summed E-state index contributed by atoms with van der Waals surface area (Å²) in [5.74, 6) is 0.732. The minimum Gasteiger partial charge on any atom is -0.497 e. The summed E-state index contributed by atoms with van der Waals surface area (Å²) in [7, 11) is 1.60. The van der Waals surface area contributed by atoms with Crippen molar-refractivity contribution in [3.05, 3.63) is 72.1 Å². The van der Waals surface area contributed by atoms with E-state index < -0.39 is 11.7 Å². The van der Waals surface area contributed by atoms with Crippen LogP contribution in [0.2, 0.25) is 0 Å². The standard InChI is InChI=1S/C21H16F3N3O/c1-13-19(14-6-8-17(28-2)9-7-14)20-25-11-10-18(27(20)26-13)15-4-3-5-16(12-15)21(22,23)24/h3-12H,1-2H3. The van der Waals surface area contributed by atoms with Crippen LogP contribution >= 0.6 is 0 Å². The highest BCUT2D eigenvalue weighted by molar-refractivity contribution is 5.81. The summed E-state index contributed by atoms with van der Waals surface area (Å²) in [5, 5.41) is 4.54. The molecule has 0 saturated heterocycles. The van der Waals surface area contributed by atoms with Gasteiger partial charge in [-0.3, -0.25) is 0 Å². The van der Waals surface area contributed by atoms with Gasteiger partial charge in [0.05, 0.1) is 24.1 Å². The lowest BCUT2D eigenvalue weighted by atomic mass is 10.1. The number of aromatic nitrogens is 3. The van der Waals surface area contributed by atoms with Crippen LogP contribution in [0.5, 0.6) is 5.75 Å². The predicted octanol–water partition coefficient (Wildman–Crippen LogP) is 5.40. The second-order valence-electron chi connectivity index (χ2n) is 6.33. The van der Waals surface area contributed by atoms with E-state index in [1.54, 1.807) is 30.0 Å². The molecule has 0 saturated carbocycles. The largest absolute Gasteiger partial charge is 0.497 e. The van der Waals surface area contributed by atoms with Crippen LogP contribution in [0.1, 0.15) is 11.3 Å². The first-order valence-corrected chi connectivity index (χ1v) is 8.55. The van der Waals surface area contributed by atoms with Gasteiger partial charge in [0.1, 0.15) is 5.75 Å². The van der Waals surface area contributed by atoms with Crippen molar-refractivity contribution in [3.8, 4) is 28.1 Å². The Balaban J connectivity index is 1.89. The minimum absolute atomic E-state index is 0.422. The zero-order chi connectivity index (χ0) is 19.9. The van der Waals surface area contributed by atoms with Crippen molar-refractivity contribution in [3.63, 3.8) is 0 Å². The van der Waals surface area contributed by atoms with Crippen LogP contribution in [0, 0.1) is 6.92 Å². The number of hydrogen-bond donors (Lipinski definition) is 0. The second-order valence-corrected chi connectivity index (χ2v) is 6.33. The lowest BCUT2D eigenvalue weighted by Crippen LogP contribution is -2.05. The minimum atomic E-state index is -4.41. The molecule has 7 heteroatoms. The Kier molecular flexibility index (Phi) is 4.30. The number of hydrogen-bond acceptors (Lipinski definition) is 3. The maximum absolute atomic E-state index is 13.1. The summed E-state index contributed by atoms with van der Waals surface area (Å²) >= 11 is 0. The van der Waals surface area contributed by atoms with Gasteiger partial charge >= 0.3 is 6.18 Å². The van der Waals surface area contributed by atoms with Gasteiger partial charge in [0, 0.05) is 17.3 Å². The highest BCUT2D eigenvalue weighted by atomic mass is 19.4. The molecule has 0 amide bonds. The number of halogens is 3. The Morgan fingerprint density at radius 2 is 1.71 bits per heavy atom. The van der Waals surface area contributed by atoms with Gasteiger partial charge < -0.3 is 4.74 Å². The van der Waals surface area contributed by atoms with E-state index in [9.17, 15) is 13.2 Å². The molecule has 4 rings (SSSR count). The summed E-state index contributed by atoms with van der Waals surface area (Å²) in [6.07, 6.45) is -2.82. The van der Waals surface area contributed by atoms with Crippen molar-refractivity contribution >= 4 is 5.65 Å². The number of aryl methyl sites for hydroxylation is 1. The first-order chi connectivity index (χ1) is 13.4. The Morgan fingerprint density at radius 3 is 2.39 bits per heavy atom. The van der Waals surface area contributed by atoms with Crippen LogP contribution in [-0.2, 0) is 6.18 Å². The lowest BCUT2D eigenvalue weighted by molar-refractivity contribution is -0.137. The van der Waals surface area contributed by atoms with Crippen molar-refractivity contribution < 1.29 is 17.9 Å². The monoisotopic (exact) mass is 383 g/mol. The smallest absolute Gasteiger partial charge is 0.416 e. The Labute approximate surface area is 159 Å². The fourth-order valence-electron chi connectivity index (χ4n) is 3.22. The van der Waals surface area contributed by atoms with Crippen molar-refractivity contribution in [2.75, 3.05) is 7.11 Å². The highest BCUT2D eigenvalue weighted by Crippen LogP contribution is 2.34. The fourth-order valence-corrected chi connectivity index (χ4v) is 3.22. The number of rotatable bonds is 3. The van der Waals surface area contributed by atoms with Gasteiger partial charge in [-0.05, 0) is 42.8 Å². The fraction of sp³-hybridized carbons (Fsp3) is 0.143. The molecule has 0 aliphatic heterocycles. The van der Waals surface area contributed by atoms with E-state index in [1.807, 2.05) is 31.2 Å². The number of ether oxygens (including phenoxy) is 1. The molecule has 2 heterocycles. The quantitative estimate of drug-likeness (QED) is 0.476. The van der Waals surface area contributed by atoms with Crippen LogP contribution in [0.25, 0.3) is 28.0 Å². The third-order valence-electron chi connectivity index (χ3n) is 4.56. The Morgan fingerprint density at radius 1 is 0.964 bits per heavy atom. The Bertz CT molecular complexity index is 1150. The number of fused-ring (bicyclic) bond motifs is 1. The number of nitrogens with zero attached hydrogens (tertiary/aromatic N) is 3. The van der Waals surface area contributed by atoms with Crippen molar-refractivity contribution in [1.82, 2.24) is 14.6 Å². The molecule has 0 radical (unpaired) electrons. The first kappa shape index (κ1) is 18.0. The molecule has 0 N–H and O–H groups in total. The average Bonchev–Trinajstić information content (AvgIpc) is 3.03. The van der Waals surface area contributed by atoms with Crippen LogP contribution < -0.4 is 4.74 Å². The van der Waals surface area contributed by atoms with E-state index in [2.05, 4.69) is 10.1 Å². The maximum atomic E-state index is 13.1. The predicted molar refractivity (Wildman–Crippen MR) is 100 cm³/mol. The molecule has 0 aliphatic rings. The molecule has 2 aromatic heterocycles. The summed E-state index contributed by atoms with van der Waals surface area (Å²) in [5.41, 5.74) is 3.31. The van der Waals surface area contributed by atoms with E-state index >= 15 is 0 Å². The van der Waals surface area contributed by atoms with E-state index in [-0.39, 0.29) is 0 Å². The van der Waals surface area contributed by atoms with Gasteiger partial charge in [0.2, 0.25) is 0 Å². The van der Waals surface area contributed by atoms with Gasteiger partial charge in [-0.15, -0.1) is 0 Å². The molecule has 142 valence electrons. The van der Waals surface area contributed by atoms with Gasteiger partial charge in [-0.1, -0.05) is 24.3 Å². The van der Waals surface area contributed by atoms with Crippen LogP contribution in [0.3, 0.4) is 0 Å². The summed E-state index contributed by atoms with van der Waals surface area (Å²) in [6, 6.07) is 14.4. The molecule has 2 aromatic carbocycles. The molecule has 0 atom stereocenters. The van der Waals surface area contributed by atoms with Crippen molar-refractivity contribution in [2.24, 2.45) is 0 Å². The molecule has 4 nitrogen and oxygen atoms in total. The molecular formula is C21H16F3N3O. The summed E-state index contributed by atoms with van der Waals surface area (Å²) in [6.45, 7) is 1.85. The molecule has 0 unspecified atom stereocenters. The SMILES string of the molecule is COc1ccc(-c2c(C)nn3c(-c4cccc(C(F)(F)F)c4)ccnc23)cc1. The maximum Gasteiger partial charge on any atom is 0.416 e. The first-order valence-electron chi connectivity index (χ1n) is 8.55. The number of benzene rings is 2. The zero-order valence-corrected chi connectivity index (χ0v) is 15.2. The van der Waals surface area contributed by atoms with Gasteiger partial charge in [0.25, 0.3) is 0 Å². The molecule has 0 aliphatic carbocycles. The normalized spacial score (nSPS) is 11.8. The third-order valence-corrected chi connectivity index (χ3v) is 4.56. The highest BCUT2D eigenvalue weighted by Gasteiger charge is 2.30. The van der Waals surface area contributed by atoms with E-state index in [0.717, 1.165) is 34.7 Å². The van der Waals surface area contributed by atoms with Gasteiger partial charge in [0.15, 0.2) is 5.65 Å². The molecule has 0 fully saturated rings. The molecule has 0 spiro atoms. The van der Waals surface area contributed by atoms with Crippen molar-refractivity contribution in [2.45, 2.75) is 13.1 Å². The lowest BCUT2D eigenvalue weighted by Gasteiger charge is -2.10. The van der Waals surface area contributed by atoms with E-state index in [1.165, 1.54) is 6.07 Å². The molecular weight excluding hydrogens is 367 g/mol. The van der Waals surface area contributed by atoms with Crippen LogP contribution in [0.4, 0.5) is 13.2 Å². The topological polar surface area (TPSA) is 39.4 Å². The zero-order valence-electron chi connectivity index (χ0n) is 15.2. The Hall–Kier alpha value is -3.35. The second kappa shape index (κ2) is 6.67. The molecule has 28 heavy (non-hydrogen) atoms. The number of alkyl halides is 3. The molecule has 0 bridgehead atoms. The molecule has 4 aromatic rings. The van der Waals surface area contributed by atoms with Gasteiger partial charge in [-0.25, -0.2) is 9.50 Å². The van der Waals surface area contributed by atoms with E-state index in [0.29, 0.717) is 16.9 Å². The number of methoxy groups -OCH3 is 1. The third kappa shape index (κ3) is 3.09. The summed E-state index contributed by atoms with van der Waals surface area (Å²) < 4.78 is 46.1. The van der Waals surface area contributed by atoms with E-state index in [4.69, 9.17) is 4.74 Å². The van der Waals surface area contributed by atoms with Crippen LogP contribution in [-0.4, -0.2) is 21.7 Å². The van der Waals surface area contributed by atoms with Crippen molar-refractivity contribution in [1.29, 1.82) is 0 Å². The van der Waals surface area contributed by atoms with Gasteiger partial charge in [-0.2, -0.15) is 18.3 Å². The van der Waals surface area contributed by atoms with Crippen LogP contribution in [0.15, 0.2) is 60.8 Å².